The van der Waals surface area contributed by atoms with Gasteiger partial charge in [-0.25, -0.2) is 9.37 Å². The molecule has 0 aliphatic carbocycles. The molecule has 0 fully saturated rings. The number of fused-ring (bicyclic) bond motifs is 1. The molecule has 0 atom stereocenters. The smallest absolute Gasteiger partial charge is 0.232 e. The molecule has 0 radical (unpaired) electrons. The van der Waals surface area contributed by atoms with Gasteiger partial charge in [-0.05, 0) is 24.3 Å². The first-order valence-corrected chi connectivity index (χ1v) is 6.33. The summed E-state index contributed by atoms with van der Waals surface area (Å²) in [6, 6.07) is 9.73. The monoisotopic (exact) mass is 284 g/mol. The number of hydrogen-bond donors (Lipinski definition) is 1. The normalized spacial score (nSPS) is 10.8. The Morgan fingerprint density at radius 3 is 2.81 bits per heavy atom. The summed E-state index contributed by atoms with van der Waals surface area (Å²) >= 11 is 0. The van der Waals surface area contributed by atoms with Crippen molar-refractivity contribution < 1.29 is 9.13 Å². The van der Waals surface area contributed by atoms with Crippen LogP contribution in [0.15, 0.2) is 36.4 Å². The molecule has 21 heavy (non-hydrogen) atoms. The van der Waals surface area contributed by atoms with Crippen molar-refractivity contribution in [1.82, 2.24) is 14.8 Å². The van der Waals surface area contributed by atoms with Gasteiger partial charge in [0.1, 0.15) is 22.7 Å². The molecule has 1 aromatic carbocycles. The summed E-state index contributed by atoms with van der Waals surface area (Å²) in [5.41, 5.74) is 3.06. The highest BCUT2D eigenvalue weighted by Gasteiger charge is 2.14. The third-order valence-corrected chi connectivity index (χ3v) is 3.23. The van der Waals surface area contributed by atoms with Gasteiger partial charge < -0.3 is 4.74 Å². The molecule has 0 saturated heterocycles. The number of nitrogens with one attached hydrogen (secondary N) is 1. The van der Waals surface area contributed by atoms with Gasteiger partial charge in [0, 0.05) is 12.6 Å². The molecular formula is C15H13FN4O. The highest BCUT2D eigenvalue weighted by Crippen LogP contribution is 2.26. The van der Waals surface area contributed by atoms with Gasteiger partial charge in [0.2, 0.25) is 5.90 Å². The number of aromatic nitrogens is 3. The summed E-state index contributed by atoms with van der Waals surface area (Å²) < 4.78 is 20.0. The number of methoxy groups -OCH3 is 1. The second-order valence-electron chi connectivity index (χ2n) is 4.58. The second kappa shape index (κ2) is 4.97. The van der Waals surface area contributed by atoms with Crippen molar-refractivity contribution in [2.45, 2.75) is 0 Å². The van der Waals surface area contributed by atoms with Gasteiger partial charge in [-0.3, -0.25) is 10.1 Å². The van der Waals surface area contributed by atoms with E-state index in [2.05, 4.69) is 10.1 Å². The zero-order valence-corrected chi connectivity index (χ0v) is 11.6. The molecule has 0 saturated carbocycles. The molecule has 0 spiro atoms. The molecule has 0 amide bonds. The number of ether oxygens (including phenoxy) is 1. The first-order chi connectivity index (χ1) is 10.1. The third-order valence-electron chi connectivity index (χ3n) is 3.23. The van der Waals surface area contributed by atoms with Gasteiger partial charge in [0.15, 0.2) is 0 Å². The maximum absolute atomic E-state index is 13.4. The average Bonchev–Trinajstić information content (AvgIpc) is 2.83. The van der Waals surface area contributed by atoms with E-state index in [1.807, 2.05) is 6.07 Å². The Kier molecular flexibility index (Phi) is 3.13. The maximum atomic E-state index is 13.4. The first kappa shape index (κ1) is 13.2. The summed E-state index contributed by atoms with van der Waals surface area (Å²) in [6.45, 7) is 0. The van der Waals surface area contributed by atoms with Crippen LogP contribution in [0.4, 0.5) is 4.39 Å². The Morgan fingerprint density at radius 1 is 1.29 bits per heavy atom. The van der Waals surface area contributed by atoms with E-state index in [4.69, 9.17) is 10.1 Å². The predicted molar refractivity (Wildman–Crippen MR) is 77.7 cm³/mol. The Morgan fingerprint density at radius 2 is 2.10 bits per heavy atom. The van der Waals surface area contributed by atoms with E-state index >= 15 is 0 Å². The second-order valence-corrected chi connectivity index (χ2v) is 4.58. The zero-order valence-electron chi connectivity index (χ0n) is 11.6. The number of benzene rings is 1. The van der Waals surface area contributed by atoms with Crippen LogP contribution < -0.4 is 0 Å². The fourth-order valence-electron chi connectivity index (χ4n) is 2.20. The van der Waals surface area contributed by atoms with Gasteiger partial charge in [-0.2, -0.15) is 5.10 Å². The van der Waals surface area contributed by atoms with Crippen LogP contribution in [0.2, 0.25) is 0 Å². The molecule has 3 rings (SSSR count). The Bertz CT molecular complexity index is 841. The van der Waals surface area contributed by atoms with Crippen molar-refractivity contribution >= 4 is 16.9 Å². The molecule has 2 heterocycles. The van der Waals surface area contributed by atoms with E-state index in [1.54, 1.807) is 29.9 Å². The number of rotatable bonds is 2. The quantitative estimate of drug-likeness (QED) is 0.581. The van der Waals surface area contributed by atoms with Crippen molar-refractivity contribution in [1.29, 1.82) is 5.41 Å². The Labute approximate surface area is 120 Å². The van der Waals surface area contributed by atoms with E-state index in [1.165, 1.54) is 19.2 Å². The lowest BCUT2D eigenvalue weighted by molar-refractivity contribution is 0.399. The minimum absolute atomic E-state index is 0.0223. The Hall–Kier alpha value is -2.76. The summed E-state index contributed by atoms with van der Waals surface area (Å²) in [7, 11) is 3.22. The van der Waals surface area contributed by atoms with Gasteiger partial charge in [-0.1, -0.05) is 12.1 Å². The molecular weight excluding hydrogens is 271 g/mol. The van der Waals surface area contributed by atoms with Crippen LogP contribution >= 0.6 is 0 Å². The van der Waals surface area contributed by atoms with Gasteiger partial charge >= 0.3 is 0 Å². The van der Waals surface area contributed by atoms with Crippen molar-refractivity contribution in [3.05, 3.63) is 47.9 Å². The SMILES string of the molecule is COC(=N)c1ccc2c(n1)c(-c1cccc(F)c1)nn2C. The summed E-state index contributed by atoms with van der Waals surface area (Å²) in [4.78, 5) is 4.42. The molecule has 0 aliphatic heterocycles. The highest BCUT2D eigenvalue weighted by molar-refractivity contribution is 5.95. The average molecular weight is 284 g/mol. The Balaban J connectivity index is 2.25. The first-order valence-electron chi connectivity index (χ1n) is 6.33. The summed E-state index contributed by atoms with van der Waals surface area (Å²) in [6.07, 6.45) is 0. The zero-order chi connectivity index (χ0) is 15.0. The van der Waals surface area contributed by atoms with Crippen LogP contribution in [0.5, 0.6) is 0 Å². The van der Waals surface area contributed by atoms with Crippen LogP contribution in [-0.4, -0.2) is 27.8 Å². The maximum Gasteiger partial charge on any atom is 0.232 e. The van der Waals surface area contributed by atoms with E-state index in [0.29, 0.717) is 22.5 Å². The van der Waals surface area contributed by atoms with Crippen molar-refractivity contribution in [2.24, 2.45) is 7.05 Å². The molecule has 0 bridgehead atoms. The lowest BCUT2D eigenvalue weighted by atomic mass is 10.1. The van der Waals surface area contributed by atoms with Crippen LogP contribution in [-0.2, 0) is 11.8 Å². The van der Waals surface area contributed by atoms with E-state index in [0.717, 1.165) is 5.52 Å². The van der Waals surface area contributed by atoms with Crippen molar-refractivity contribution in [3.8, 4) is 11.3 Å². The van der Waals surface area contributed by atoms with Crippen LogP contribution in [0.3, 0.4) is 0 Å². The molecule has 1 N–H and O–H groups in total. The van der Waals surface area contributed by atoms with Crippen LogP contribution in [0.1, 0.15) is 5.69 Å². The molecule has 106 valence electrons. The van der Waals surface area contributed by atoms with Crippen LogP contribution in [0.25, 0.3) is 22.3 Å². The largest absolute Gasteiger partial charge is 0.480 e. The molecule has 3 aromatic rings. The third kappa shape index (κ3) is 2.24. The summed E-state index contributed by atoms with van der Waals surface area (Å²) in [5.74, 6) is -0.349. The lowest BCUT2D eigenvalue weighted by Gasteiger charge is -2.02. The van der Waals surface area contributed by atoms with Gasteiger partial charge in [-0.15, -0.1) is 0 Å². The number of aryl methyl sites for hydroxylation is 1. The highest BCUT2D eigenvalue weighted by atomic mass is 19.1. The topological polar surface area (TPSA) is 63.8 Å². The standard InChI is InChI=1S/C15H13FN4O/c1-20-12-7-6-11(15(17)21-2)18-14(12)13(19-20)9-4-3-5-10(16)8-9/h3-8,17H,1-2H3. The summed E-state index contributed by atoms with van der Waals surface area (Å²) in [5, 5.41) is 12.1. The molecule has 2 aromatic heterocycles. The predicted octanol–water partition coefficient (Wildman–Crippen LogP) is 2.75. The fourth-order valence-corrected chi connectivity index (χ4v) is 2.20. The molecule has 0 aliphatic rings. The molecule has 5 nitrogen and oxygen atoms in total. The number of nitrogens with zero attached hydrogens (tertiary/aromatic N) is 3. The number of halogens is 1. The minimum Gasteiger partial charge on any atom is -0.480 e. The lowest BCUT2D eigenvalue weighted by Crippen LogP contribution is -2.04. The minimum atomic E-state index is -0.327. The van der Waals surface area contributed by atoms with Gasteiger partial charge in [0.05, 0.1) is 12.6 Å². The van der Waals surface area contributed by atoms with Crippen LogP contribution in [0, 0.1) is 11.2 Å². The van der Waals surface area contributed by atoms with E-state index in [-0.39, 0.29) is 11.7 Å². The fraction of sp³-hybridized carbons (Fsp3) is 0.133. The molecule has 6 heteroatoms. The number of pyridine rings is 1. The van der Waals surface area contributed by atoms with Crippen molar-refractivity contribution in [2.75, 3.05) is 7.11 Å². The van der Waals surface area contributed by atoms with Gasteiger partial charge in [0.25, 0.3) is 0 Å². The molecule has 0 unspecified atom stereocenters. The van der Waals surface area contributed by atoms with E-state index in [9.17, 15) is 4.39 Å². The van der Waals surface area contributed by atoms with Crippen molar-refractivity contribution in [3.63, 3.8) is 0 Å². The van der Waals surface area contributed by atoms with E-state index < -0.39 is 0 Å². The number of hydrogen-bond acceptors (Lipinski definition) is 4.